The molecule has 1 saturated carbocycles. The molecule has 0 heterocycles. The van der Waals surface area contributed by atoms with Crippen LogP contribution in [0.4, 0.5) is 0 Å². The third kappa shape index (κ3) is 2.33. The Morgan fingerprint density at radius 3 is 2.72 bits per heavy atom. The van der Waals surface area contributed by atoms with Gasteiger partial charge in [-0.25, -0.2) is 0 Å². The van der Waals surface area contributed by atoms with Gasteiger partial charge in [0.2, 0.25) is 5.91 Å². The molecule has 18 heavy (non-hydrogen) atoms. The van der Waals surface area contributed by atoms with Crippen molar-refractivity contribution in [3.05, 3.63) is 35.4 Å². The van der Waals surface area contributed by atoms with E-state index in [9.17, 15) is 4.79 Å². The molecule has 2 aliphatic rings. The third-order valence-corrected chi connectivity index (χ3v) is 5.29. The molecule has 1 amide bonds. The van der Waals surface area contributed by atoms with Crippen LogP contribution in [0.5, 0.6) is 0 Å². The second-order valence-corrected chi connectivity index (χ2v) is 6.17. The molecular weight excluding hydrogens is 290 g/mol. The molecular formula is C15H18BrNO. The average Bonchev–Trinajstić information content (AvgIpc) is 3.18. The highest BCUT2D eigenvalue weighted by Crippen LogP contribution is 2.37. The number of alkyl halides is 1. The van der Waals surface area contributed by atoms with Gasteiger partial charge in [-0.2, -0.15) is 0 Å². The molecule has 1 N–H and O–H groups in total. The van der Waals surface area contributed by atoms with Crippen LogP contribution in [0.25, 0.3) is 0 Å². The highest BCUT2D eigenvalue weighted by Gasteiger charge is 2.44. The van der Waals surface area contributed by atoms with E-state index >= 15 is 0 Å². The number of hydrogen-bond acceptors (Lipinski definition) is 1. The van der Waals surface area contributed by atoms with Crippen molar-refractivity contribution in [3.8, 4) is 0 Å². The standard InChI is InChI=1S/C15H18BrNO/c16-10-15(7-8-15)17-14(18)13-6-5-11-3-1-2-4-12(11)9-13/h1-4,13H,5-10H2,(H,17,18). The normalized spacial score (nSPS) is 24.2. The number of nitrogens with one attached hydrogen (secondary N) is 1. The first-order chi connectivity index (χ1) is 8.72. The summed E-state index contributed by atoms with van der Waals surface area (Å²) in [5, 5.41) is 4.12. The summed E-state index contributed by atoms with van der Waals surface area (Å²) in [4.78, 5) is 12.3. The molecule has 1 aromatic carbocycles. The van der Waals surface area contributed by atoms with Crippen LogP contribution in [-0.4, -0.2) is 16.8 Å². The van der Waals surface area contributed by atoms with Gasteiger partial charge in [0.25, 0.3) is 0 Å². The number of fused-ring (bicyclic) bond motifs is 1. The van der Waals surface area contributed by atoms with Gasteiger partial charge in [0.1, 0.15) is 0 Å². The number of carbonyl (C=O) groups is 1. The van der Waals surface area contributed by atoms with Crippen LogP contribution in [0.1, 0.15) is 30.4 Å². The van der Waals surface area contributed by atoms with Gasteiger partial charge in [-0.3, -0.25) is 4.79 Å². The molecule has 0 aromatic heterocycles. The topological polar surface area (TPSA) is 29.1 Å². The number of carbonyl (C=O) groups excluding carboxylic acids is 1. The second-order valence-electron chi connectivity index (χ2n) is 5.61. The molecule has 0 radical (unpaired) electrons. The quantitative estimate of drug-likeness (QED) is 0.855. The number of hydrogen-bond donors (Lipinski definition) is 1. The first-order valence-electron chi connectivity index (χ1n) is 6.67. The number of aryl methyl sites for hydroxylation is 1. The fourth-order valence-electron chi connectivity index (χ4n) is 2.73. The summed E-state index contributed by atoms with van der Waals surface area (Å²) in [6.07, 6.45) is 5.16. The molecule has 3 rings (SSSR count). The zero-order valence-electron chi connectivity index (χ0n) is 10.4. The van der Waals surface area contributed by atoms with E-state index in [0.717, 1.165) is 37.4 Å². The molecule has 96 valence electrons. The van der Waals surface area contributed by atoms with Crippen LogP contribution in [0.15, 0.2) is 24.3 Å². The summed E-state index contributed by atoms with van der Waals surface area (Å²) in [7, 11) is 0. The Morgan fingerprint density at radius 2 is 2.06 bits per heavy atom. The van der Waals surface area contributed by atoms with Crippen LogP contribution in [-0.2, 0) is 17.6 Å². The summed E-state index contributed by atoms with van der Waals surface area (Å²) in [6.45, 7) is 0. The van der Waals surface area contributed by atoms with Gasteiger partial charge in [0, 0.05) is 16.8 Å². The zero-order chi connectivity index (χ0) is 12.6. The van der Waals surface area contributed by atoms with Gasteiger partial charge in [-0.15, -0.1) is 0 Å². The Kier molecular flexibility index (Phi) is 3.18. The summed E-state index contributed by atoms with van der Waals surface area (Å²) in [5.41, 5.74) is 2.85. The van der Waals surface area contributed by atoms with Crippen molar-refractivity contribution in [2.75, 3.05) is 5.33 Å². The molecule has 2 aliphatic carbocycles. The Labute approximate surface area is 116 Å². The lowest BCUT2D eigenvalue weighted by Gasteiger charge is -2.25. The van der Waals surface area contributed by atoms with Crippen LogP contribution in [0.3, 0.4) is 0 Å². The minimum atomic E-state index is 0.0774. The lowest BCUT2D eigenvalue weighted by atomic mass is 9.83. The van der Waals surface area contributed by atoms with Gasteiger partial charge >= 0.3 is 0 Å². The van der Waals surface area contributed by atoms with Crippen LogP contribution in [0.2, 0.25) is 0 Å². The zero-order valence-corrected chi connectivity index (χ0v) is 12.0. The maximum absolute atomic E-state index is 12.3. The van der Waals surface area contributed by atoms with Crippen LogP contribution < -0.4 is 5.32 Å². The molecule has 1 atom stereocenters. The predicted molar refractivity (Wildman–Crippen MR) is 75.9 cm³/mol. The molecule has 2 nitrogen and oxygen atoms in total. The second kappa shape index (κ2) is 4.69. The van der Waals surface area contributed by atoms with E-state index in [-0.39, 0.29) is 17.4 Å². The monoisotopic (exact) mass is 307 g/mol. The lowest BCUT2D eigenvalue weighted by molar-refractivity contribution is -0.126. The van der Waals surface area contributed by atoms with Crippen molar-refractivity contribution >= 4 is 21.8 Å². The van der Waals surface area contributed by atoms with Gasteiger partial charge < -0.3 is 5.32 Å². The van der Waals surface area contributed by atoms with E-state index in [1.807, 2.05) is 0 Å². The van der Waals surface area contributed by atoms with Crippen molar-refractivity contribution in [2.24, 2.45) is 5.92 Å². The van der Waals surface area contributed by atoms with Crippen LogP contribution in [0, 0.1) is 5.92 Å². The van der Waals surface area contributed by atoms with E-state index in [4.69, 9.17) is 0 Å². The SMILES string of the molecule is O=C(NC1(CBr)CC1)C1CCc2ccccc2C1. The van der Waals surface area contributed by atoms with Gasteiger partial charge in [0.15, 0.2) is 0 Å². The van der Waals surface area contributed by atoms with Crippen molar-refractivity contribution < 1.29 is 4.79 Å². The van der Waals surface area contributed by atoms with Gasteiger partial charge in [-0.05, 0) is 43.2 Å². The molecule has 0 saturated heterocycles. The largest absolute Gasteiger partial charge is 0.350 e. The molecule has 1 fully saturated rings. The summed E-state index contributed by atoms with van der Waals surface area (Å²) in [6, 6.07) is 8.50. The Balaban J connectivity index is 1.67. The van der Waals surface area contributed by atoms with E-state index in [1.165, 1.54) is 11.1 Å². The molecule has 0 spiro atoms. The van der Waals surface area contributed by atoms with E-state index in [1.54, 1.807) is 0 Å². The van der Waals surface area contributed by atoms with Crippen molar-refractivity contribution in [2.45, 2.75) is 37.6 Å². The molecule has 0 bridgehead atoms. The smallest absolute Gasteiger partial charge is 0.223 e. The highest BCUT2D eigenvalue weighted by atomic mass is 79.9. The first kappa shape index (κ1) is 12.2. The Morgan fingerprint density at radius 1 is 1.33 bits per heavy atom. The van der Waals surface area contributed by atoms with Crippen LogP contribution >= 0.6 is 15.9 Å². The van der Waals surface area contributed by atoms with E-state index < -0.39 is 0 Å². The maximum Gasteiger partial charge on any atom is 0.223 e. The number of amides is 1. The fourth-order valence-corrected chi connectivity index (χ4v) is 3.43. The Bertz CT molecular complexity index is 467. The maximum atomic E-state index is 12.3. The fraction of sp³-hybridized carbons (Fsp3) is 0.533. The van der Waals surface area contributed by atoms with Gasteiger partial charge in [0.05, 0.1) is 0 Å². The molecule has 0 aliphatic heterocycles. The highest BCUT2D eigenvalue weighted by molar-refractivity contribution is 9.09. The Hall–Kier alpha value is -0.830. The first-order valence-corrected chi connectivity index (χ1v) is 7.79. The van der Waals surface area contributed by atoms with E-state index in [2.05, 4.69) is 45.5 Å². The lowest BCUT2D eigenvalue weighted by Crippen LogP contribution is -2.43. The number of benzene rings is 1. The summed E-state index contributed by atoms with van der Waals surface area (Å²) >= 11 is 3.50. The minimum Gasteiger partial charge on any atom is -0.350 e. The van der Waals surface area contributed by atoms with Gasteiger partial charge in [-0.1, -0.05) is 40.2 Å². The molecule has 1 aromatic rings. The van der Waals surface area contributed by atoms with E-state index in [0.29, 0.717) is 0 Å². The number of halogens is 1. The molecule has 3 heteroatoms. The third-order valence-electron chi connectivity index (χ3n) is 4.22. The summed E-state index contributed by atoms with van der Waals surface area (Å²) in [5.74, 6) is 0.415. The average molecular weight is 308 g/mol. The molecule has 1 unspecified atom stereocenters. The summed E-state index contributed by atoms with van der Waals surface area (Å²) < 4.78 is 0. The minimum absolute atomic E-state index is 0.0774. The number of rotatable bonds is 3. The van der Waals surface area contributed by atoms with Crippen molar-refractivity contribution in [1.82, 2.24) is 5.32 Å². The van der Waals surface area contributed by atoms with Crippen molar-refractivity contribution in [1.29, 1.82) is 0 Å². The van der Waals surface area contributed by atoms with Crippen molar-refractivity contribution in [3.63, 3.8) is 0 Å². The predicted octanol–water partition coefficient (Wildman–Crippen LogP) is 2.84.